The van der Waals surface area contributed by atoms with E-state index in [-0.39, 0.29) is 17.4 Å². The smallest absolute Gasteiger partial charge is 0.151 e. The highest BCUT2D eigenvalue weighted by Crippen LogP contribution is 2.19. The van der Waals surface area contributed by atoms with Crippen molar-refractivity contribution in [2.45, 2.75) is 19.3 Å². The van der Waals surface area contributed by atoms with Crippen molar-refractivity contribution in [2.75, 3.05) is 11.5 Å². The van der Waals surface area contributed by atoms with Crippen molar-refractivity contribution in [1.29, 1.82) is 5.26 Å². The number of aromatic nitrogens is 2. The average Bonchev–Trinajstić information content (AvgIpc) is 2.82. The number of imidazole rings is 1. The molecule has 5 nitrogen and oxygen atoms in total. The molecule has 1 aromatic carbocycles. The summed E-state index contributed by atoms with van der Waals surface area (Å²) in [4.78, 5) is 4.36. The Labute approximate surface area is 122 Å². The van der Waals surface area contributed by atoms with Crippen LogP contribution >= 0.6 is 11.6 Å². The molecule has 1 aromatic heterocycles. The maximum atomic E-state index is 11.6. The van der Waals surface area contributed by atoms with Crippen LogP contribution in [0.4, 0.5) is 0 Å². The van der Waals surface area contributed by atoms with E-state index in [4.69, 9.17) is 16.9 Å². The van der Waals surface area contributed by atoms with Crippen molar-refractivity contribution in [3.63, 3.8) is 0 Å². The van der Waals surface area contributed by atoms with Crippen LogP contribution < -0.4 is 0 Å². The molecule has 0 N–H and O–H groups in total. The molecular formula is C13H14ClN3O2S. The number of fused-ring (bicyclic) bond motifs is 1. The van der Waals surface area contributed by atoms with Gasteiger partial charge in [0.15, 0.2) is 9.84 Å². The van der Waals surface area contributed by atoms with Gasteiger partial charge < -0.3 is 4.57 Å². The van der Waals surface area contributed by atoms with E-state index in [1.54, 1.807) is 29.7 Å². The first-order valence-electron chi connectivity index (χ1n) is 6.16. The Kier molecular flexibility index (Phi) is 4.31. The standard InChI is InChI=1S/C13H14ClN3O2S/c1-2-20(18,19)6-5-17-12-7-10(9-15)3-4-11(12)16-13(17)8-14/h3-4,7H,2,5-6,8H2,1H3. The average molecular weight is 312 g/mol. The van der Waals surface area contributed by atoms with Crippen LogP contribution in [0.2, 0.25) is 0 Å². The van der Waals surface area contributed by atoms with Gasteiger partial charge >= 0.3 is 0 Å². The molecule has 0 fully saturated rings. The van der Waals surface area contributed by atoms with Gasteiger partial charge in [-0.1, -0.05) is 6.92 Å². The van der Waals surface area contributed by atoms with Crippen LogP contribution in [0.25, 0.3) is 11.0 Å². The van der Waals surface area contributed by atoms with Gasteiger partial charge in [-0.25, -0.2) is 13.4 Å². The minimum atomic E-state index is -3.06. The SMILES string of the molecule is CCS(=O)(=O)CCn1c(CCl)nc2ccc(C#N)cc21. The molecule has 1 heterocycles. The number of hydrogen-bond donors (Lipinski definition) is 0. The first-order chi connectivity index (χ1) is 9.50. The lowest BCUT2D eigenvalue weighted by molar-refractivity contribution is 0.590. The molecule has 0 bridgehead atoms. The molecule has 0 saturated heterocycles. The number of nitriles is 1. The zero-order chi connectivity index (χ0) is 14.8. The Hall–Kier alpha value is -1.58. The fourth-order valence-corrected chi connectivity index (χ4v) is 2.92. The number of rotatable bonds is 5. The van der Waals surface area contributed by atoms with Crippen molar-refractivity contribution in [3.8, 4) is 6.07 Å². The minimum absolute atomic E-state index is 0.0373. The Bertz CT molecular complexity index is 775. The minimum Gasteiger partial charge on any atom is -0.326 e. The monoisotopic (exact) mass is 311 g/mol. The second-order valence-corrected chi connectivity index (χ2v) is 7.10. The Morgan fingerprint density at radius 1 is 1.45 bits per heavy atom. The second-order valence-electron chi connectivity index (χ2n) is 4.36. The number of aryl methyl sites for hydroxylation is 1. The zero-order valence-electron chi connectivity index (χ0n) is 11.0. The molecule has 0 unspecified atom stereocenters. The lowest BCUT2D eigenvalue weighted by Crippen LogP contribution is -2.15. The summed E-state index contributed by atoms with van der Waals surface area (Å²) in [6.07, 6.45) is 0. The lowest BCUT2D eigenvalue weighted by Gasteiger charge is -2.07. The molecule has 20 heavy (non-hydrogen) atoms. The van der Waals surface area contributed by atoms with Crippen molar-refractivity contribution >= 4 is 32.5 Å². The quantitative estimate of drug-likeness (QED) is 0.792. The van der Waals surface area contributed by atoms with E-state index in [0.29, 0.717) is 23.4 Å². The van der Waals surface area contributed by atoms with Crippen molar-refractivity contribution in [1.82, 2.24) is 9.55 Å². The van der Waals surface area contributed by atoms with Gasteiger partial charge in [0.25, 0.3) is 0 Å². The molecule has 2 rings (SSSR count). The highest BCUT2D eigenvalue weighted by molar-refractivity contribution is 7.91. The molecule has 0 spiro atoms. The van der Waals surface area contributed by atoms with Gasteiger partial charge in [0.1, 0.15) is 5.82 Å². The van der Waals surface area contributed by atoms with E-state index in [0.717, 1.165) is 5.52 Å². The number of alkyl halides is 1. The van der Waals surface area contributed by atoms with Gasteiger partial charge in [-0.05, 0) is 18.2 Å². The molecule has 0 atom stereocenters. The van der Waals surface area contributed by atoms with Crippen LogP contribution in [-0.4, -0.2) is 29.5 Å². The molecule has 0 radical (unpaired) electrons. The predicted octanol–water partition coefficient (Wildman–Crippen LogP) is 2.08. The summed E-state index contributed by atoms with van der Waals surface area (Å²) in [7, 11) is -3.06. The topological polar surface area (TPSA) is 75.8 Å². The van der Waals surface area contributed by atoms with E-state index in [1.165, 1.54) is 0 Å². The maximum Gasteiger partial charge on any atom is 0.151 e. The zero-order valence-corrected chi connectivity index (χ0v) is 12.6. The summed E-state index contributed by atoms with van der Waals surface area (Å²) in [5.74, 6) is 0.959. The van der Waals surface area contributed by atoms with Crippen molar-refractivity contribution in [3.05, 3.63) is 29.6 Å². The highest BCUT2D eigenvalue weighted by atomic mass is 35.5. The second kappa shape index (κ2) is 5.81. The molecule has 0 aliphatic rings. The van der Waals surface area contributed by atoms with E-state index in [1.807, 2.05) is 0 Å². The highest BCUT2D eigenvalue weighted by Gasteiger charge is 2.14. The van der Waals surface area contributed by atoms with E-state index >= 15 is 0 Å². The largest absolute Gasteiger partial charge is 0.326 e. The summed E-state index contributed by atoms with van der Waals surface area (Å²) in [5, 5.41) is 8.95. The third-order valence-corrected chi connectivity index (χ3v) is 5.06. The molecule has 0 aliphatic heterocycles. The van der Waals surface area contributed by atoms with Crippen LogP contribution in [-0.2, 0) is 22.3 Å². The van der Waals surface area contributed by atoms with Gasteiger partial charge in [0, 0.05) is 12.3 Å². The van der Waals surface area contributed by atoms with E-state index in [2.05, 4.69) is 11.1 Å². The molecule has 0 saturated carbocycles. The third kappa shape index (κ3) is 2.94. The van der Waals surface area contributed by atoms with Gasteiger partial charge in [-0.15, -0.1) is 11.6 Å². The van der Waals surface area contributed by atoms with Crippen molar-refractivity contribution in [2.24, 2.45) is 0 Å². The van der Waals surface area contributed by atoms with Crippen LogP contribution in [0.1, 0.15) is 18.3 Å². The van der Waals surface area contributed by atoms with E-state index in [9.17, 15) is 8.42 Å². The number of nitrogens with zero attached hydrogens (tertiary/aromatic N) is 3. The summed E-state index contributed by atoms with van der Waals surface area (Å²) in [6.45, 7) is 1.92. The summed E-state index contributed by atoms with van der Waals surface area (Å²) in [6, 6.07) is 7.20. The molecule has 2 aromatic rings. The summed E-state index contributed by atoms with van der Waals surface area (Å²) < 4.78 is 25.0. The number of sulfone groups is 1. The first kappa shape index (κ1) is 14.8. The van der Waals surface area contributed by atoms with Gasteiger partial charge in [0.2, 0.25) is 0 Å². The Morgan fingerprint density at radius 2 is 2.20 bits per heavy atom. The van der Waals surface area contributed by atoms with Crippen LogP contribution in [0.15, 0.2) is 18.2 Å². The molecule has 106 valence electrons. The molecule has 7 heteroatoms. The molecule has 0 amide bonds. The van der Waals surface area contributed by atoms with Gasteiger partial charge in [-0.3, -0.25) is 0 Å². The Morgan fingerprint density at radius 3 is 2.80 bits per heavy atom. The predicted molar refractivity (Wildman–Crippen MR) is 78.3 cm³/mol. The number of hydrogen-bond acceptors (Lipinski definition) is 4. The van der Waals surface area contributed by atoms with Crippen LogP contribution in [0, 0.1) is 11.3 Å². The molecule has 0 aliphatic carbocycles. The maximum absolute atomic E-state index is 11.6. The van der Waals surface area contributed by atoms with Gasteiger partial charge in [0.05, 0.1) is 34.3 Å². The molecular weight excluding hydrogens is 298 g/mol. The number of benzene rings is 1. The van der Waals surface area contributed by atoms with Crippen molar-refractivity contribution < 1.29 is 8.42 Å². The van der Waals surface area contributed by atoms with Crippen LogP contribution in [0.5, 0.6) is 0 Å². The van der Waals surface area contributed by atoms with Crippen LogP contribution in [0.3, 0.4) is 0 Å². The lowest BCUT2D eigenvalue weighted by atomic mass is 10.2. The summed E-state index contributed by atoms with van der Waals surface area (Å²) >= 11 is 5.86. The van der Waals surface area contributed by atoms with Gasteiger partial charge in [-0.2, -0.15) is 5.26 Å². The van der Waals surface area contributed by atoms with E-state index < -0.39 is 9.84 Å². The summed E-state index contributed by atoms with van der Waals surface area (Å²) in [5.41, 5.74) is 1.97. The third-order valence-electron chi connectivity index (χ3n) is 3.14. The fourth-order valence-electron chi connectivity index (χ4n) is 1.97. The fraction of sp³-hybridized carbons (Fsp3) is 0.385. The first-order valence-corrected chi connectivity index (χ1v) is 8.52. The number of halogens is 1. The Balaban J connectivity index is 2.47. The normalized spacial score (nSPS) is 11.7.